The van der Waals surface area contributed by atoms with Gasteiger partial charge in [-0.25, -0.2) is 4.39 Å². The molecule has 0 bridgehead atoms. The van der Waals surface area contributed by atoms with Crippen LogP contribution < -0.4 is 4.74 Å². The van der Waals surface area contributed by atoms with Crippen molar-refractivity contribution in [1.82, 2.24) is 10.1 Å². The molecular formula is C13H13FN2O3. The average Bonchev–Trinajstić information content (AvgIpc) is 3.17. The minimum Gasteiger partial charge on any atom is -0.483 e. The van der Waals surface area contributed by atoms with Crippen molar-refractivity contribution < 1.29 is 18.8 Å². The van der Waals surface area contributed by atoms with Crippen LogP contribution in [0.2, 0.25) is 0 Å². The second-order valence-corrected chi connectivity index (χ2v) is 4.52. The van der Waals surface area contributed by atoms with Crippen LogP contribution in [0.5, 0.6) is 5.75 Å². The summed E-state index contributed by atoms with van der Waals surface area (Å²) >= 11 is 0. The van der Waals surface area contributed by atoms with E-state index in [9.17, 15) is 4.39 Å². The summed E-state index contributed by atoms with van der Waals surface area (Å²) in [6.07, 6.45) is 2.21. The largest absolute Gasteiger partial charge is 0.483 e. The number of nitrogens with zero attached hydrogens (tertiary/aromatic N) is 2. The van der Waals surface area contributed by atoms with E-state index in [1.54, 1.807) is 0 Å². The topological polar surface area (TPSA) is 68.4 Å². The van der Waals surface area contributed by atoms with Gasteiger partial charge in [-0.2, -0.15) is 4.98 Å². The molecule has 1 aromatic carbocycles. The Morgan fingerprint density at radius 2 is 2.26 bits per heavy atom. The minimum atomic E-state index is -0.412. The van der Waals surface area contributed by atoms with Crippen molar-refractivity contribution >= 4 is 0 Å². The third kappa shape index (κ3) is 2.73. The standard InChI is InChI=1S/C13H13FN2O3/c14-10-3-4-11(9(5-10)6-17)18-7-12-15-13(16-19-12)8-1-2-8/h3-5,8,17H,1-2,6-7H2. The maximum Gasteiger partial charge on any atom is 0.264 e. The highest BCUT2D eigenvalue weighted by molar-refractivity contribution is 5.33. The summed E-state index contributed by atoms with van der Waals surface area (Å²) in [5.74, 6) is 1.53. The number of rotatable bonds is 5. The molecule has 0 unspecified atom stereocenters. The summed E-state index contributed by atoms with van der Waals surface area (Å²) in [6, 6.07) is 3.98. The molecule has 3 rings (SSSR count). The highest BCUT2D eigenvalue weighted by Crippen LogP contribution is 2.38. The molecule has 1 saturated carbocycles. The van der Waals surface area contributed by atoms with Crippen LogP contribution >= 0.6 is 0 Å². The molecule has 0 aliphatic heterocycles. The van der Waals surface area contributed by atoms with Gasteiger partial charge in [-0.1, -0.05) is 5.16 Å². The fourth-order valence-electron chi connectivity index (χ4n) is 1.79. The fraction of sp³-hybridized carbons (Fsp3) is 0.385. The molecule has 0 atom stereocenters. The molecular weight excluding hydrogens is 251 g/mol. The molecule has 0 amide bonds. The van der Waals surface area contributed by atoms with Crippen LogP contribution in [0, 0.1) is 5.82 Å². The van der Waals surface area contributed by atoms with Crippen LogP contribution in [-0.2, 0) is 13.2 Å². The Morgan fingerprint density at radius 3 is 3.00 bits per heavy atom. The van der Waals surface area contributed by atoms with E-state index in [0.717, 1.165) is 18.7 Å². The summed E-state index contributed by atoms with van der Waals surface area (Å²) in [5.41, 5.74) is 0.391. The third-order valence-electron chi connectivity index (χ3n) is 2.97. The number of hydrogen-bond acceptors (Lipinski definition) is 5. The molecule has 0 spiro atoms. The van der Waals surface area contributed by atoms with Crippen LogP contribution in [0.3, 0.4) is 0 Å². The SMILES string of the molecule is OCc1cc(F)ccc1OCc1nc(C2CC2)no1. The van der Waals surface area contributed by atoms with Crippen LogP contribution in [-0.4, -0.2) is 15.2 Å². The van der Waals surface area contributed by atoms with E-state index in [1.165, 1.54) is 18.2 Å². The Labute approximate surface area is 109 Å². The average molecular weight is 264 g/mol. The highest BCUT2D eigenvalue weighted by Gasteiger charge is 2.28. The minimum absolute atomic E-state index is 0.109. The first kappa shape index (κ1) is 12.1. The number of ether oxygens (including phenoxy) is 1. The monoisotopic (exact) mass is 264 g/mol. The van der Waals surface area contributed by atoms with Crippen molar-refractivity contribution in [1.29, 1.82) is 0 Å². The second kappa shape index (κ2) is 4.97. The van der Waals surface area contributed by atoms with E-state index in [0.29, 0.717) is 23.1 Å². The molecule has 1 N–H and O–H groups in total. The van der Waals surface area contributed by atoms with Crippen molar-refractivity contribution in [2.75, 3.05) is 0 Å². The van der Waals surface area contributed by atoms with Crippen LogP contribution in [0.4, 0.5) is 4.39 Å². The van der Waals surface area contributed by atoms with Crippen LogP contribution in [0.25, 0.3) is 0 Å². The van der Waals surface area contributed by atoms with Gasteiger partial charge in [0.15, 0.2) is 12.4 Å². The molecule has 1 aliphatic carbocycles. The van der Waals surface area contributed by atoms with Gasteiger partial charge in [0.1, 0.15) is 11.6 Å². The van der Waals surface area contributed by atoms with Gasteiger partial charge in [-0.3, -0.25) is 0 Å². The third-order valence-corrected chi connectivity index (χ3v) is 2.97. The van der Waals surface area contributed by atoms with Gasteiger partial charge in [0.2, 0.25) is 0 Å². The maximum atomic E-state index is 13.0. The number of aliphatic hydroxyl groups excluding tert-OH is 1. The highest BCUT2D eigenvalue weighted by atomic mass is 19.1. The zero-order chi connectivity index (χ0) is 13.2. The quantitative estimate of drug-likeness (QED) is 0.896. The summed E-state index contributed by atoms with van der Waals surface area (Å²) in [6.45, 7) is -0.178. The van der Waals surface area contributed by atoms with E-state index in [-0.39, 0.29) is 13.2 Å². The Kier molecular flexibility index (Phi) is 3.16. The van der Waals surface area contributed by atoms with Crippen molar-refractivity contribution in [2.24, 2.45) is 0 Å². The van der Waals surface area contributed by atoms with E-state index >= 15 is 0 Å². The Morgan fingerprint density at radius 1 is 1.42 bits per heavy atom. The number of benzene rings is 1. The Bertz CT molecular complexity index is 581. The molecule has 6 heteroatoms. The number of aliphatic hydroxyl groups is 1. The number of aromatic nitrogens is 2. The maximum absolute atomic E-state index is 13.0. The Balaban J connectivity index is 1.67. The van der Waals surface area contributed by atoms with Crippen LogP contribution in [0.1, 0.15) is 36.0 Å². The lowest BCUT2D eigenvalue weighted by Crippen LogP contribution is -2.00. The molecule has 1 heterocycles. The Hall–Kier alpha value is -1.95. The molecule has 1 aromatic heterocycles. The smallest absolute Gasteiger partial charge is 0.264 e. The number of halogens is 1. The van der Waals surface area contributed by atoms with Crippen molar-refractivity contribution in [3.63, 3.8) is 0 Å². The number of hydrogen-bond donors (Lipinski definition) is 1. The normalized spacial score (nSPS) is 14.6. The van der Waals surface area contributed by atoms with Crippen molar-refractivity contribution in [3.8, 4) is 5.75 Å². The first-order valence-electron chi connectivity index (χ1n) is 6.11. The van der Waals surface area contributed by atoms with Gasteiger partial charge in [0.25, 0.3) is 5.89 Å². The molecule has 1 fully saturated rings. The molecule has 19 heavy (non-hydrogen) atoms. The lowest BCUT2D eigenvalue weighted by molar-refractivity contribution is 0.228. The van der Waals surface area contributed by atoms with Crippen molar-refractivity contribution in [3.05, 3.63) is 41.3 Å². The zero-order valence-electron chi connectivity index (χ0n) is 10.2. The van der Waals surface area contributed by atoms with Crippen molar-refractivity contribution in [2.45, 2.75) is 32.0 Å². The lowest BCUT2D eigenvalue weighted by atomic mass is 10.2. The van der Waals surface area contributed by atoms with E-state index in [4.69, 9.17) is 14.4 Å². The fourth-order valence-corrected chi connectivity index (χ4v) is 1.79. The second-order valence-electron chi connectivity index (χ2n) is 4.52. The first-order chi connectivity index (χ1) is 9.26. The molecule has 1 aliphatic rings. The van der Waals surface area contributed by atoms with Gasteiger partial charge < -0.3 is 14.4 Å². The first-order valence-corrected chi connectivity index (χ1v) is 6.11. The lowest BCUT2D eigenvalue weighted by Gasteiger charge is -2.07. The zero-order valence-corrected chi connectivity index (χ0v) is 10.2. The predicted molar refractivity (Wildman–Crippen MR) is 62.9 cm³/mol. The summed E-state index contributed by atoms with van der Waals surface area (Å²) in [5, 5.41) is 13.0. The van der Waals surface area contributed by atoms with Gasteiger partial charge in [-0.05, 0) is 31.0 Å². The van der Waals surface area contributed by atoms with E-state index < -0.39 is 5.82 Å². The van der Waals surface area contributed by atoms with Gasteiger partial charge in [-0.15, -0.1) is 0 Å². The summed E-state index contributed by atoms with van der Waals surface area (Å²) in [7, 11) is 0. The summed E-state index contributed by atoms with van der Waals surface area (Å²) in [4.78, 5) is 4.22. The van der Waals surface area contributed by atoms with Gasteiger partial charge in [0, 0.05) is 11.5 Å². The summed E-state index contributed by atoms with van der Waals surface area (Å²) < 4.78 is 23.5. The molecule has 0 saturated heterocycles. The molecule has 5 nitrogen and oxygen atoms in total. The predicted octanol–water partition coefficient (Wildman–Crippen LogP) is 2.16. The molecule has 100 valence electrons. The van der Waals surface area contributed by atoms with Gasteiger partial charge >= 0.3 is 0 Å². The molecule has 2 aromatic rings. The van der Waals surface area contributed by atoms with Crippen LogP contribution in [0.15, 0.2) is 22.7 Å². The van der Waals surface area contributed by atoms with E-state index in [1.807, 2.05) is 0 Å². The van der Waals surface area contributed by atoms with Gasteiger partial charge in [0.05, 0.1) is 6.61 Å². The van der Waals surface area contributed by atoms with E-state index in [2.05, 4.69) is 10.1 Å². The molecule has 0 radical (unpaired) electrons.